The summed E-state index contributed by atoms with van der Waals surface area (Å²) in [6, 6.07) is 5.65. The number of anilines is 1. The largest absolute Gasteiger partial charge is 0.481 e. The number of carbonyl (C=O) groups is 1. The van der Waals surface area contributed by atoms with Gasteiger partial charge in [0.1, 0.15) is 5.52 Å². The first kappa shape index (κ1) is 16.3. The van der Waals surface area contributed by atoms with Crippen molar-refractivity contribution in [1.82, 2.24) is 24.4 Å². The Morgan fingerprint density at radius 3 is 2.58 bits per heavy atom. The van der Waals surface area contributed by atoms with Crippen LogP contribution in [0, 0.1) is 0 Å². The Bertz CT molecular complexity index is 929. The van der Waals surface area contributed by atoms with Crippen molar-refractivity contribution in [2.75, 3.05) is 38.2 Å². The van der Waals surface area contributed by atoms with Crippen LogP contribution in [0.15, 0.2) is 36.9 Å². The fraction of sp³-hybridized carbons (Fsp3) is 0.333. The zero-order valence-corrected chi connectivity index (χ0v) is 14.8. The molecule has 8 heteroatoms. The second-order valence-corrected chi connectivity index (χ2v) is 6.26. The Labute approximate surface area is 151 Å². The lowest BCUT2D eigenvalue weighted by Crippen LogP contribution is -2.48. The van der Waals surface area contributed by atoms with Gasteiger partial charge in [0, 0.05) is 45.5 Å². The Hall–Kier alpha value is -3.16. The average molecular weight is 352 g/mol. The number of aryl methyl sites for hydroxylation is 1. The first-order chi connectivity index (χ1) is 12.7. The van der Waals surface area contributed by atoms with Crippen LogP contribution in [-0.4, -0.2) is 63.6 Å². The van der Waals surface area contributed by atoms with Gasteiger partial charge in [0.25, 0.3) is 5.91 Å². The van der Waals surface area contributed by atoms with Gasteiger partial charge in [0.15, 0.2) is 5.65 Å². The fourth-order valence-electron chi connectivity index (χ4n) is 3.16. The van der Waals surface area contributed by atoms with Gasteiger partial charge >= 0.3 is 0 Å². The molecule has 0 radical (unpaired) electrons. The van der Waals surface area contributed by atoms with E-state index < -0.39 is 0 Å². The van der Waals surface area contributed by atoms with E-state index in [-0.39, 0.29) is 5.91 Å². The van der Waals surface area contributed by atoms with E-state index in [9.17, 15) is 4.79 Å². The summed E-state index contributed by atoms with van der Waals surface area (Å²) < 4.78 is 6.93. The van der Waals surface area contributed by atoms with Crippen molar-refractivity contribution in [1.29, 1.82) is 0 Å². The van der Waals surface area contributed by atoms with Gasteiger partial charge in [0.05, 0.1) is 30.9 Å². The predicted octanol–water partition coefficient (Wildman–Crippen LogP) is 1.33. The minimum Gasteiger partial charge on any atom is -0.481 e. The minimum atomic E-state index is -0.00226. The number of ether oxygens (including phenoxy) is 1. The van der Waals surface area contributed by atoms with Crippen molar-refractivity contribution >= 4 is 22.8 Å². The molecule has 0 N–H and O–H groups in total. The topological polar surface area (TPSA) is 76.4 Å². The highest BCUT2D eigenvalue weighted by Gasteiger charge is 2.23. The summed E-state index contributed by atoms with van der Waals surface area (Å²) in [6.45, 7) is 2.84. The number of aromatic nitrogens is 4. The van der Waals surface area contributed by atoms with Crippen molar-refractivity contribution < 1.29 is 9.53 Å². The summed E-state index contributed by atoms with van der Waals surface area (Å²) in [4.78, 5) is 29.7. The van der Waals surface area contributed by atoms with E-state index in [1.807, 2.05) is 34.7 Å². The van der Waals surface area contributed by atoms with Crippen LogP contribution in [0.3, 0.4) is 0 Å². The second kappa shape index (κ2) is 6.62. The summed E-state index contributed by atoms with van der Waals surface area (Å²) in [5, 5.41) is 0. The normalized spacial score (nSPS) is 14.7. The number of carbonyl (C=O) groups excluding carboxylic acids is 1. The molecule has 3 aromatic heterocycles. The number of amides is 1. The Balaban J connectivity index is 1.43. The van der Waals surface area contributed by atoms with E-state index in [0.29, 0.717) is 24.5 Å². The zero-order chi connectivity index (χ0) is 18.1. The van der Waals surface area contributed by atoms with Crippen LogP contribution in [0.2, 0.25) is 0 Å². The summed E-state index contributed by atoms with van der Waals surface area (Å²) in [6.07, 6.45) is 5.13. The van der Waals surface area contributed by atoms with Gasteiger partial charge in [-0.3, -0.25) is 4.79 Å². The van der Waals surface area contributed by atoms with Gasteiger partial charge < -0.3 is 19.1 Å². The van der Waals surface area contributed by atoms with Crippen LogP contribution in [0.5, 0.6) is 5.88 Å². The number of methoxy groups -OCH3 is 1. The highest BCUT2D eigenvalue weighted by Crippen LogP contribution is 2.19. The summed E-state index contributed by atoms with van der Waals surface area (Å²) in [5.74, 6) is 0.595. The van der Waals surface area contributed by atoms with Crippen LogP contribution in [0.1, 0.15) is 10.4 Å². The first-order valence-electron chi connectivity index (χ1n) is 8.47. The van der Waals surface area contributed by atoms with Crippen LogP contribution in [-0.2, 0) is 7.05 Å². The van der Waals surface area contributed by atoms with Crippen molar-refractivity contribution in [3.05, 3.63) is 42.5 Å². The molecular weight excluding hydrogens is 332 g/mol. The van der Waals surface area contributed by atoms with Gasteiger partial charge in [-0.25, -0.2) is 15.0 Å². The monoisotopic (exact) mass is 352 g/mol. The summed E-state index contributed by atoms with van der Waals surface area (Å²) >= 11 is 0. The Morgan fingerprint density at radius 2 is 1.88 bits per heavy atom. The molecule has 0 aromatic carbocycles. The maximum absolute atomic E-state index is 12.8. The number of nitrogens with zero attached hydrogens (tertiary/aromatic N) is 6. The van der Waals surface area contributed by atoms with Crippen molar-refractivity contribution in [2.45, 2.75) is 0 Å². The quantitative estimate of drug-likeness (QED) is 0.708. The predicted molar refractivity (Wildman–Crippen MR) is 97.4 cm³/mol. The van der Waals surface area contributed by atoms with Crippen LogP contribution in [0.4, 0.5) is 5.69 Å². The second-order valence-electron chi connectivity index (χ2n) is 6.26. The highest BCUT2D eigenvalue weighted by atomic mass is 16.5. The number of imidazole rings is 1. The maximum atomic E-state index is 12.8. The molecule has 4 heterocycles. The molecule has 1 amide bonds. The van der Waals surface area contributed by atoms with E-state index in [0.717, 1.165) is 29.9 Å². The molecule has 134 valence electrons. The van der Waals surface area contributed by atoms with Crippen molar-refractivity contribution in [2.24, 2.45) is 7.05 Å². The van der Waals surface area contributed by atoms with Gasteiger partial charge in [-0.2, -0.15) is 0 Å². The summed E-state index contributed by atoms with van der Waals surface area (Å²) in [5.41, 5.74) is 3.13. The molecule has 0 spiro atoms. The van der Waals surface area contributed by atoms with E-state index in [4.69, 9.17) is 4.74 Å². The number of fused-ring (bicyclic) bond motifs is 1. The third kappa shape index (κ3) is 2.94. The molecule has 0 atom stereocenters. The standard InChI is InChI=1S/C18H20N6O2/c1-22-12-21-15-9-13(10-20-17(15)22)18(25)24-7-5-23(6-8-24)14-3-4-16(26-2)19-11-14/h3-4,9-12H,5-8H2,1-2H3. The molecule has 0 bridgehead atoms. The summed E-state index contributed by atoms with van der Waals surface area (Å²) in [7, 11) is 3.49. The smallest absolute Gasteiger partial charge is 0.255 e. The Morgan fingerprint density at radius 1 is 1.08 bits per heavy atom. The third-order valence-electron chi connectivity index (χ3n) is 4.66. The SMILES string of the molecule is COc1ccc(N2CCN(C(=O)c3cnc4c(c3)ncn4C)CC2)cn1. The molecule has 0 saturated carbocycles. The lowest BCUT2D eigenvalue weighted by Gasteiger charge is -2.36. The van der Waals surface area contributed by atoms with Crippen LogP contribution < -0.4 is 9.64 Å². The van der Waals surface area contributed by atoms with Gasteiger partial charge in [-0.1, -0.05) is 0 Å². The highest BCUT2D eigenvalue weighted by molar-refractivity contribution is 5.96. The van der Waals surface area contributed by atoms with Crippen LogP contribution >= 0.6 is 0 Å². The third-order valence-corrected chi connectivity index (χ3v) is 4.66. The average Bonchev–Trinajstić information content (AvgIpc) is 3.08. The van der Waals surface area contributed by atoms with Gasteiger partial charge in [-0.05, 0) is 12.1 Å². The molecule has 1 aliphatic rings. The lowest BCUT2D eigenvalue weighted by molar-refractivity contribution is 0.0746. The molecule has 1 aliphatic heterocycles. The maximum Gasteiger partial charge on any atom is 0.255 e. The van der Waals surface area contributed by atoms with Crippen LogP contribution in [0.25, 0.3) is 11.2 Å². The molecule has 1 saturated heterocycles. The number of hydrogen-bond acceptors (Lipinski definition) is 6. The first-order valence-corrected chi connectivity index (χ1v) is 8.47. The van der Waals surface area contributed by atoms with Crippen molar-refractivity contribution in [3.63, 3.8) is 0 Å². The van der Waals surface area contributed by atoms with Gasteiger partial charge in [0.2, 0.25) is 5.88 Å². The molecule has 3 aromatic rings. The van der Waals surface area contributed by atoms with E-state index in [2.05, 4.69) is 19.9 Å². The number of pyridine rings is 2. The number of hydrogen-bond donors (Lipinski definition) is 0. The number of piperazine rings is 1. The molecule has 8 nitrogen and oxygen atoms in total. The molecule has 26 heavy (non-hydrogen) atoms. The molecule has 4 rings (SSSR count). The molecule has 1 fully saturated rings. The van der Waals surface area contributed by atoms with Gasteiger partial charge in [-0.15, -0.1) is 0 Å². The van der Waals surface area contributed by atoms with E-state index >= 15 is 0 Å². The Kier molecular flexibility index (Phi) is 4.16. The molecule has 0 aliphatic carbocycles. The number of rotatable bonds is 3. The molecule has 0 unspecified atom stereocenters. The van der Waals surface area contributed by atoms with Crippen molar-refractivity contribution in [3.8, 4) is 5.88 Å². The lowest BCUT2D eigenvalue weighted by atomic mass is 10.2. The van der Waals surface area contributed by atoms with E-state index in [1.54, 1.807) is 25.8 Å². The molecular formula is C18H20N6O2. The zero-order valence-electron chi connectivity index (χ0n) is 14.8. The minimum absolute atomic E-state index is 0.00226. The van der Waals surface area contributed by atoms with E-state index in [1.165, 1.54) is 0 Å². The fourth-order valence-corrected chi connectivity index (χ4v) is 3.16.